The van der Waals surface area contributed by atoms with Crippen LogP contribution in [0.15, 0.2) is 78.0 Å². The van der Waals surface area contributed by atoms with Crippen molar-refractivity contribution in [2.45, 2.75) is 69.5 Å². The number of benzene rings is 2. The molecule has 39 heavy (non-hydrogen) atoms. The number of esters is 1. The lowest BCUT2D eigenvalue weighted by molar-refractivity contribution is 0.0600. The summed E-state index contributed by atoms with van der Waals surface area (Å²) in [7, 11) is -2.27. The van der Waals surface area contributed by atoms with Gasteiger partial charge in [0.1, 0.15) is 0 Å². The van der Waals surface area contributed by atoms with Crippen LogP contribution in [0.2, 0.25) is 0 Å². The molecule has 2 aromatic carbocycles. The fraction of sp³-hybridized carbons (Fsp3) is 0.419. The van der Waals surface area contributed by atoms with E-state index in [4.69, 9.17) is 4.74 Å². The molecule has 4 rings (SSSR count). The van der Waals surface area contributed by atoms with Gasteiger partial charge < -0.3 is 4.74 Å². The van der Waals surface area contributed by atoms with E-state index >= 15 is 0 Å². The highest BCUT2D eigenvalue weighted by Crippen LogP contribution is 2.29. The molecule has 1 aliphatic rings. The summed E-state index contributed by atoms with van der Waals surface area (Å²) in [6, 6.07) is 18.5. The first-order valence-electron chi connectivity index (χ1n) is 13.5. The van der Waals surface area contributed by atoms with E-state index < -0.39 is 10.0 Å². The minimum atomic E-state index is -3.64. The Morgan fingerprint density at radius 2 is 1.69 bits per heavy atom. The van der Waals surface area contributed by atoms with E-state index in [-0.39, 0.29) is 17.4 Å². The van der Waals surface area contributed by atoms with Crippen molar-refractivity contribution in [3.05, 3.63) is 95.3 Å². The van der Waals surface area contributed by atoms with Gasteiger partial charge >= 0.3 is 5.97 Å². The van der Waals surface area contributed by atoms with Crippen molar-refractivity contribution in [3.8, 4) is 0 Å². The molecule has 0 aliphatic carbocycles. The number of nitrogens with zero attached hydrogens (tertiary/aromatic N) is 3. The van der Waals surface area contributed by atoms with Crippen molar-refractivity contribution in [3.63, 3.8) is 0 Å². The molecule has 0 saturated carbocycles. The van der Waals surface area contributed by atoms with Gasteiger partial charge in [-0.1, -0.05) is 57.5 Å². The first-order valence-corrected chi connectivity index (χ1v) is 14.9. The number of aromatic nitrogens is 1. The number of ether oxygens (including phenoxy) is 1. The molecule has 0 radical (unpaired) electrons. The van der Waals surface area contributed by atoms with Crippen molar-refractivity contribution in [2.75, 3.05) is 20.2 Å². The predicted molar refractivity (Wildman–Crippen MR) is 153 cm³/mol. The molecule has 1 fully saturated rings. The molecule has 0 N–H and O–H groups in total. The first-order chi connectivity index (χ1) is 18.6. The zero-order chi connectivity index (χ0) is 28.0. The number of carbonyl (C=O) groups excluding carboxylic acids is 1. The lowest BCUT2D eigenvalue weighted by atomic mass is 9.87. The summed E-state index contributed by atoms with van der Waals surface area (Å²) < 4.78 is 34.2. The second-order valence-electron chi connectivity index (χ2n) is 11.3. The number of hydrogen-bond acceptors (Lipinski definition) is 6. The van der Waals surface area contributed by atoms with Crippen LogP contribution in [0.25, 0.3) is 0 Å². The monoisotopic (exact) mass is 549 g/mol. The lowest BCUT2D eigenvalue weighted by Gasteiger charge is -2.38. The maximum atomic E-state index is 13.8. The molecule has 1 aliphatic heterocycles. The van der Waals surface area contributed by atoms with Gasteiger partial charge in [0.25, 0.3) is 0 Å². The van der Waals surface area contributed by atoms with Crippen LogP contribution in [0.1, 0.15) is 67.1 Å². The summed E-state index contributed by atoms with van der Waals surface area (Å²) in [4.78, 5) is 18.7. The number of piperidine rings is 1. The van der Waals surface area contributed by atoms with Crippen LogP contribution in [-0.2, 0) is 33.3 Å². The number of carbonyl (C=O) groups is 1. The SMILES string of the molecule is COC(=O)c1ccc(CN(Cc2cccnc2)CC2CCCCN2S(=O)(=O)c2ccc(C(C)(C)C)cc2)cc1. The van der Waals surface area contributed by atoms with Gasteiger partial charge in [0, 0.05) is 44.6 Å². The minimum absolute atomic E-state index is 0.0438. The molecule has 1 atom stereocenters. The van der Waals surface area contributed by atoms with Crippen molar-refractivity contribution in [1.29, 1.82) is 0 Å². The molecule has 2 heterocycles. The van der Waals surface area contributed by atoms with E-state index in [1.165, 1.54) is 7.11 Å². The summed E-state index contributed by atoms with van der Waals surface area (Å²) in [5.74, 6) is -0.368. The molecule has 3 aromatic rings. The maximum absolute atomic E-state index is 13.8. The largest absolute Gasteiger partial charge is 0.465 e. The van der Waals surface area contributed by atoms with E-state index in [0.29, 0.717) is 36.6 Å². The van der Waals surface area contributed by atoms with Crippen molar-refractivity contribution in [2.24, 2.45) is 0 Å². The number of methoxy groups -OCH3 is 1. The van der Waals surface area contributed by atoms with Gasteiger partial charge in [0.15, 0.2) is 0 Å². The van der Waals surface area contributed by atoms with Gasteiger partial charge in [0.2, 0.25) is 10.0 Å². The second-order valence-corrected chi connectivity index (χ2v) is 13.1. The average molecular weight is 550 g/mol. The molecule has 1 saturated heterocycles. The molecular formula is C31H39N3O4S. The normalized spacial score (nSPS) is 16.8. The Morgan fingerprint density at radius 3 is 2.31 bits per heavy atom. The van der Waals surface area contributed by atoms with Gasteiger partial charge in [-0.3, -0.25) is 9.88 Å². The van der Waals surface area contributed by atoms with Crippen molar-refractivity contribution >= 4 is 16.0 Å². The van der Waals surface area contributed by atoms with Crippen LogP contribution < -0.4 is 0 Å². The van der Waals surface area contributed by atoms with Crippen molar-refractivity contribution < 1.29 is 17.9 Å². The fourth-order valence-corrected chi connectivity index (χ4v) is 6.78. The smallest absolute Gasteiger partial charge is 0.337 e. The quantitative estimate of drug-likeness (QED) is 0.332. The van der Waals surface area contributed by atoms with Gasteiger partial charge in [0.05, 0.1) is 17.6 Å². The van der Waals surface area contributed by atoms with Crippen molar-refractivity contribution in [1.82, 2.24) is 14.2 Å². The van der Waals surface area contributed by atoms with Crippen LogP contribution in [-0.4, -0.2) is 54.8 Å². The number of hydrogen-bond donors (Lipinski definition) is 0. The Morgan fingerprint density at radius 1 is 1.00 bits per heavy atom. The fourth-order valence-electron chi connectivity index (χ4n) is 5.09. The minimum Gasteiger partial charge on any atom is -0.465 e. The summed E-state index contributed by atoms with van der Waals surface area (Å²) in [5, 5.41) is 0. The highest BCUT2D eigenvalue weighted by Gasteiger charge is 2.34. The van der Waals surface area contributed by atoms with Crippen LogP contribution in [0.3, 0.4) is 0 Å². The van der Waals surface area contributed by atoms with Crippen LogP contribution in [0, 0.1) is 0 Å². The number of rotatable bonds is 9. The van der Waals surface area contributed by atoms with Crippen LogP contribution in [0.4, 0.5) is 0 Å². The molecule has 8 heteroatoms. The zero-order valence-corrected chi connectivity index (χ0v) is 24.2. The molecule has 0 spiro atoms. The Balaban J connectivity index is 1.57. The van der Waals surface area contributed by atoms with Gasteiger partial charge in [-0.05, 0) is 65.3 Å². The van der Waals surface area contributed by atoms with Gasteiger partial charge in [-0.25, -0.2) is 13.2 Å². The third-order valence-corrected chi connectivity index (χ3v) is 9.25. The topological polar surface area (TPSA) is 79.8 Å². The summed E-state index contributed by atoms with van der Waals surface area (Å²) in [6.45, 7) is 8.72. The first kappa shape index (κ1) is 28.9. The highest BCUT2D eigenvalue weighted by atomic mass is 32.2. The van der Waals surface area contributed by atoms with E-state index in [2.05, 4.69) is 30.7 Å². The molecule has 1 aromatic heterocycles. The number of sulfonamides is 1. The zero-order valence-electron chi connectivity index (χ0n) is 23.3. The Kier molecular flexibility index (Phi) is 9.20. The summed E-state index contributed by atoms with van der Waals surface area (Å²) in [6.07, 6.45) is 6.25. The molecule has 7 nitrogen and oxygen atoms in total. The summed E-state index contributed by atoms with van der Waals surface area (Å²) >= 11 is 0. The predicted octanol–water partition coefficient (Wildman–Crippen LogP) is 5.41. The molecule has 0 amide bonds. The molecule has 1 unspecified atom stereocenters. The Hall–Kier alpha value is -3.07. The van der Waals surface area contributed by atoms with Crippen LogP contribution >= 0.6 is 0 Å². The van der Waals surface area contributed by atoms with Crippen LogP contribution in [0.5, 0.6) is 0 Å². The third-order valence-electron chi connectivity index (χ3n) is 7.28. The third kappa shape index (κ3) is 7.32. The van der Waals surface area contributed by atoms with E-state index in [0.717, 1.165) is 36.0 Å². The van der Waals surface area contributed by atoms with Gasteiger partial charge in [-0.15, -0.1) is 0 Å². The standard InChI is InChI=1S/C31H39N3O4S/c1-31(2,3)27-14-16-29(17-15-27)39(36,37)34-19-6-5-9-28(34)23-33(22-25-8-7-18-32-20-25)21-24-10-12-26(13-11-24)30(35)38-4/h7-8,10-18,20,28H,5-6,9,19,21-23H2,1-4H3. The van der Waals surface area contributed by atoms with E-state index in [9.17, 15) is 13.2 Å². The van der Waals surface area contributed by atoms with E-state index in [1.807, 2.05) is 42.6 Å². The second kappa shape index (κ2) is 12.4. The lowest BCUT2D eigenvalue weighted by Crippen LogP contribution is -2.49. The molecule has 0 bridgehead atoms. The number of pyridine rings is 1. The molecule has 208 valence electrons. The van der Waals surface area contributed by atoms with Gasteiger partial charge in [-0.2, -0.15) is 4.31 Å². The maximum Gasteiger partial charge on any atom is 0.337 e. The summed E-state index contributed by atoms with van der Waals surface area (Å²) in [5.41, 5.74) is 3.67. The Bertz CT molecular complexity index is 1340. The average Bonchev–Trinajstić information content (AvgIpc) is 2.93. The van der Waals surface area contributed by atoms with E-state index in [1.54, 1.807) is 34.8 Å². The molecular weight excluding hydrogens is 510 g/mol. The highest BCUT2D eigenvalue weighted by molar-refractivity contribution is 7.89. The Labute approximate surface area is 232 Å².